The highest BCUT2D eigenvalue weighted by Crippen LogP contribution is 2.17. The molecule has 0 saturated carbocycles. The van der Waals surface area contributed by atoms with Crippen LogP contribution >= 0.6 is 0 Å². The Balaban J connectivity index is 1.47. The number of hydrogen-bond donors (Lipinski definition) is 1. The van der Waals surface area contributed by atoms with Crippen molar-refractivity contribution in [2.45, 2.75) is 84.0 Å². The molecule has 5 heteroatoms. The molecule has 5 nitrogen and oxygen atoms in total. The van der Waals surface area contributed by atoms with Crippen molar-refractivity contribution in [3.05, 3.63) is 18.3 Å². The Morgan fingerprint density at radius 3 is 2.00 bits per heavy atom. The molecular formula is C23H40N4O. The van der Waals surface area contributed by atoms with Gasteiger partial charge in [0.05, 0.1) is 11.9 Å². The van der Waals surface area contributed by atoms with Crippen molar-refractivity contribution < 1.29 is 4.79 Å². The SMILES string of the molecule is CCCCCCCCCCCCCC(=O)N1CCN(c2ccc(N)nc2)CC1. The number of unbranched alkanes of at least 4 members (excludes halogenated alkanes) is 10. The van der Waals surface area contributed by atoms with Gasteiger partial charge in [0.2, 0.25) is 5.91 Å². The van der Waals surface area contributed by atoms with E-state index in [2.05, 4.69) is 16.8 Å². The van der Waals surface area contributed by atoms with Crippen LogP contribution in [0.5, 0.6) is 0 Å². The molecule has 0 bridgehead atoms. The van der Waals surface area contributed by atoms with Crippen LogP contribution in [-0.4, -0.2) is 42.0 Å². The number of piperazine rings is 1. The van der Waals surface area contributed by atoms with E-state index in [9.17, 15) is 4.79 Å². The van der Waals surface area contributed by atoms with E-state index in [1.165, 1.54) is 64.2 Å². The smallest absolute Gasteiger partial charge is 0.222 e. The fraction of sp³-hybridized carbons (Fsp3) is 0.739. The minimum atomic E-state index is 0.325. The predicted octanol–water partition coefficient (Wildman–Crippen LogP) is 5.01. The average Bonchev–Trinajstić information content (AvgIpc) is 2.72. The molecule has 0 radical (unpaired) electrons. The van der Waals surface area contributed by atoms with Crippen molar-refractivity contribution in [3.8, 4) is 0 Å². The molecule has 0 unspecified atom stereocenters. The fourth-order valence-corrected chi connectivity index (χ4v) is 3.90. The third kappa shape index (κ3) is 8.49. The number of pyridine rings is 1. The Labute approximate surface area is 171 Å². The molecule has 28 heavy (non-hydrogen) atoms. The Morgan fingerprint density at radius 1 is 0.893 bits per heavy atom. The van der Waals surface area contributed by atoms with Crippen LogP contribution in [-0.2, 0) is 4.79 Å². The van der Waals surface area contributed by atoms with Gasteiger partial charge in [0.1, 0.15) is 5.82 Å². The van der Waals surface area contributed by atoms with Crippen LogP contribution < -0.4 is 10.6 Å². The first-order valence-electron chi connectivity index (χ1n) is 11.4. The molecule has 0 atom stereocenters. The van der Waals surface area contributed by atoms with Crippen molar-refractivity contribution in [2.75, 3.05) is 36.8 Å². The van der Waals surface area contributed by atoms with Crippen molar-refractivity contribution in [2.24, 2.45) is 0 Å². The maximum Gasteiger partial charge on any atom is 0.222 e. The molecule has 0 spiro atoms. The van der Waals surface area contributed by atoms with Gasteiger partial charge in [0.15, 0.2) is 0 Å². The average molecular weight is 389 g/mol. The molecule has 2 N–H and O–H groups in total. The van der Waals surface area contributed by atoms with E-state index >= 15 is 0 Å². The molecular weight excluding hydrogens is 348 g/mol. The summed E-state index contributed by atoms with van der Waals surface area (Å²) < 4.78 is 0. The van der Waals surface area contributed by atoms with E-state index in [1.54, 1.807) is 0 Å². The summed E-state index contributed by atoms with van der Waals surface area (Å²) in [4.78, 5) is 20.9. The monoisotopic (exact) mass is 388 g/mol. The maximum atomic E-state index is 12.4. The van der Waals surface area contributed by atoms with Gasteiger partial charge in [0, 0.05) is 32.6 Å². The summed E-state index contributed by atoms with van der Waals surface area (Å²) in [5, 5.41) is 0. The zero-order chi connectivity index (χ0) is 20.0. The molecule has 1 amide bonds. The first-order valence-corrected chi connectivity index (χ1v) is 11.4. The molecule has 158 valence electrons. The molecule has 1 saturated heterocycles. The van der Waals surface area contributed by atoms with Gasteiger partial charge in [0.25, 0.3) is 0 Å². The Bertz CT molecular complexity index is 538. The summed E-state index contributed by atoms with van der Waals surface area (Å²) in [6, 6.07) is 3.84. The Kier molecular flexibility index (Phi) is 10.8. The van der Waals surface area contributed by atoms with Gasteiger partial charge in [-0.2, -0.15) is 0 Å². The minimum absolute atomic E-state index is 0.325. The molecule has 1 aliphatic rings. The molecule has 1 aromatic rings. The van der Waals surface area contributed by atoms with E-state index < -0.39 is 0 Å². The zero-order valence-electron chi connectivity index (χ0n) is 17.9. The van der Waals surface area contributed by atoms with Gasteiger partial charge in [-0.15, -0.1) is 0 Å². The molecule has 2 heterocycles. The lowest BCUT2D eigenvalue weighted by Crippen LogP contribution is -2.48. The quantitative estimate of drug-likeness (QED) is 0.482. The van der Waals surface area contributed by atoms with Crippen molar-refractivity contribution in [1.82, 2.24) is 9.88 Å². The second-order valence-electron chi connectivity index (χ2n) is 8.09. The highest BCUT2D eigenvalue weighted by atomic mass is 16.2. The van der Waals surface area contributed by atoms with Gasteiger partial charge < -0.3 is 15.5 Å². The Morgan fingerprint density at radius 2 is 1.46 bits per heavy atom. The minimum Gasteiger partial charge on any atom is -0.384 e. The van der Waals surface area contributed by atoms with Gasteiger partial charge in [-0.05, 0) is 18.6 Å². The second-order valence-corrected chi connectivity index (χ2v) is 8.09. The van der Waals surface area contributed by atoms with Gasteiger partial charge in [-0.3, -0.25) is 4.79 Å². The third-order valence-corrected chi connectivity index (χ3v) is 5.76. The number of rotatable bonds is 13. The lowest BCUT2D eigenvalue weighted by Gasteiger charge is -2.36. The van der Waals surface area contributed by atoms with Crippen LogP contribution in [0.1, 0.15) is 84.0 Å². The van der Waals surface area contributed by atoms with Gasteiger partial charge in [-0.25, -0.2) is 4.98 Å². The molecule has 0 aromatic carbocycles. The molecule has 1 aliphatic heterocycles. The van der Waals surface area contributed by atoms with Crippen molar-refractivity contribution >= 4 is 17.4 Å². The highest BCUT2D eigenvalue weighted by molar-refractivity contribution is 5.76. The van der Waals surface area contributed by atoms with E-state index in [1.807, 2.05) is 23.2 Å². The summed E-state index contributed by atoms with van der Waals surface area (Å²) in [5.74, 6) is 0.871. The fourth-order valence-electron chi connectivity index (χ4n) is 3.90. The maximum absolute atomic E-state index is 12.4. The number of carbonyl (C=O) groups is 1. The topological polar surface area (TPSA) is 62.5 Å². The summed E-state index contributed by atoms with van der Waals surface area (Å²) >= 11 is 0. The largest absolute Gasteiger partial charge is 0.384 e. The van der Waals surface area contributed by atoms with Crippen molar-refractivity contribution in [1.29, 1.82) is 0 Å². The summed E-state index contributed by atoms with van der Waals surface area (Å²) in [6.45, 7) is 5.62. The molecule has 0 aliphatic carbocycles. The number of nitrogens with zero attached hydrogens (tertiary/aromatic N) is 3. The van der Waals surface area contributed by atoms with E-state index in [4.69, 9.17) is 5.73 Å². The molecule has 1 aromatic heterocycles. The number of aromatic nitrogens is 1. The summed E-state index contributed by atoms with van der Waals surface area (Å²) in [6.07, 6.45) is 17.0. The third-order valence-electron chi connectivity index (χ3n) is 5.76. The van der Waals surface area contributed by atoms with E-state index in [0.717, 1.165) is 38.3 Å². The van der Waals surface area contributed by atoms with E-state index in [-0.39, 0.29) is 0 Å². The highest BCUT2D eigenvalue weighted by Gasteiger charge is 2.20. The number of amides is 1. The zero-order valence-corrected chi connectivity index (χ0v) is 17.9. The standard InChI is InChI=1S/C23H40N4O/c1-2-3-4-5-6-7-8-9-10-11-12-13-23(28)27-18-16-26(17-19-27)21-14-15-22(24)25-20-21/h14-15,20H,2-13,16-19H2,1H3,(H2,24,25). The number of hydrogen-bond acceptors (Lipinski definition) is 4. The number of anilines is 2. The van der Waals surface area contributed by atoms with Crippen LogP contribution in [0, 0.1) is 0 Å². The lowest BCUT2D eigenvalue weighted by molar-refractivity contribution is -0.131. The summed E-state index contributed by atoms with van der Waals surface area (Å²) in [7, 11) is 0. The van der Waals surface area contributed by atoms with Crippen LogP contribution in [0.3, 0.4) is 0 Å². The predicted molar refractivity (Wildman–Crippen MR) is 119 cm³/mol. The number of nitrogens with two attached hydrogens (primary N) is 1. The second kappa shape index (κ2) is 13.4. The van der Waals surface area contributed by atoms with Crippen LogP contribution in [0.15, 0.2) is 18.3 Å². The lowest BCUT2D eigenvalue weighted by atomic mass is 10.1. The molecule has 2 rings (SSSR count). The normalized spacial score (nSPS) is 14.5. The Hall–Kier alpha value is -1.78. The summed E-state index contributed by atoms with van der Waals surface area (Å²) in [5.41, 5.74) is 6.74. The molecule has 1 fully saturated rings. The van der Waals surface area contributed by atoms with Crippen LogP contribution in [0.4, 0.5) is 11.5 Å². The van der Waals surface area contributed by atoms with Gasteiger partial charge >= 0.3 is 0 Å². The van der Waals surface area contributed by atoms with Crippen molar-refractivity contribution in [3.63, 3.8) is 0 Å². The van der Waals surface area contributed by atoms with E-state index in [0.29, 0.717) is 18.1 Å². The van der Waals surface area contributed by atoms with Crippen LogP contribution in [0.2, 0.25) is 0 Å². The number of nitrogen functional groups attached to an aromatic ring is 1. The first-order chi connectivity index (χ1) is 13.7. The number of carbonyl (C=O) groups excluding carboxylic acids is 1. The van der Waals surface area contributed by atoms with Crippen LogP contribution in [0.25, 0.3) is 0 Å². The first kappa shape index (κ1) is 22.5. The van der Waals surface area contributed by atoms with Gasteiger partial charge in [-0.1, -0.05) is 71.1 Å².